The molecule has 0 heterocycles. The van der Waals surface area contributed by atoms with E-state index in [-0.39, 0.29) is 13.0 Å². The summed E-state index contributed by atoms with van der Waals surface area (Å²) in [4.78, 5) is 23.9. The number of nitrogens with zero attached hydrogens (tertiary/aromatic N) is 2. The highest BCUT2D eigenvalue weighted by atomic mass is 19.4. The van der Waals surface area contributed by atoms with E-state index >= 15 is 0 Å². The molecule has 18 heavy (non-hydrogen) atoms. The maximum Gasteiger partial charge on any atom is 0.406 e. The predicted octanol–water partition coefficient (Wildman–Crippen LogP) is 1.79. The van der Waals surface area contributed by atoms with Gasteiger partial charge in [0.2, 0.25) is 0 Å². The van der Waals surface area contributed by atoms with Gasteiger partial charge in [0.25, 0.3) is 0 Å². The molecule has 0 bridgehead atoms. The minimum Gasteiger partial charge on any atom is -0.481 e. The molecule has 1 unspecified atom stereocenters. The molecular weight excluding hydrogens is 253 g/mol. The van der Waals surface area contributed by atoms with Crippen molar-refractivity contribution in [3.8, 4) is 0 Å². The number of carboxylic acids is 1. The summed E-state index contributed by atoms with van der Waals surface area (Å²) in [6.45, 7) is 1.85. The van der Waals surface area contributed by atoms with Crippen LogP contribution in [0.3, 0.4) is 0 Å². The Morgan fingerprint density at radius 3 is 2.17 bits per heavy atom. The molecule has 5 nitrogen and oxygen atoms in total. The van der Waals surface area contributed by atoms with E-state index in [4.69, 9.17) is 5.11 Å². The van der Waals surface area contributed by atoms with Crippen molar-refractivity contribution in [2.24, 2.45) is 0 Å². The number of hydrogen-bond donors (Lipinski definition) is 1. The van der Waals surface area contributed by atoms with Crippen LogP contribution in [0.25, 0.3) is 0 Å². The summed E-state index contributed by atoms with van der Waals surface area (Å²) in [5.41, 5.74) is 0. The van der Waals surface area contributed by atoms with Crippen molar-refractivity contribution in [3.05, 3.63) is 0 Å². The van der Waals surface area contributed by atoms with Crippen LogP contribution in [0.5, 0.6) is 0 Å². The number of hydrogen-bond acceptors (Lipinski definition) is 2. The van der Waals surface area contributed by atoms with Gasteiger partial charge in [-0.1, -0.05) is 0 Å². The van der Waals surface area contributed by atoms with E-state index in [0.29, 0.717) is 4.90 Å². The Hall–Kier alpha value is -1.47. The van der Waals surface area contributed by atoms with E-state index in [0.717, 1.165) is 11.9 Å². The lowest BCUT2D eigenvalue weighted by atomic mass is 10.2. The Morgan fingerprint density at radius 2 is 1.83 bits per heavy atom. The summed E-state index contributed by atoms with van der Waals surface area (Å²) in [5.74, 6) is -1.10. The summed E-state index contributed by atoms with van der Waals surface area (Å²) in [5, 5.41) is 8.60. The Labute approximate surface area is 103 Å². The molecule has 1 N–H and O–H groups in total. The van der Waals surface area contributed by atoms with E-state index in [1.807, 2.05) is 0 Å². The zero-order valence-electron chi connectivity index (χ0n) is 10.5. The lowest BCUT2D eigenvalue weighted by Gasteiger charge is -2.31. The first kappa shape index (κ1) is 16.5. The van der Waals surface area contributed by atoms with Crippen molar-refractivity contribution >= 4 is 12.0 Å². The third kappa shape index (κ3) is 5.74. The van der Waals surface area contributed by atoms with Gasteiger partial charge in [-0.05, 0) is 13.8 Å². The van der Waals surface area contributed by atoms with Crippen molar-refractivity contribution < 1.29 is 27.9 Å². The van der Waals surface area contributed by atoms with E-state index < -0.39 is 30.8 Å². The monoisotopic (exact) mass is 270 g/mol. The maximum absolute atomic E-state index is 12.1. The summed E-state index contributed by atoms with van der Waals surface area (Å²) in [6.07, 6.45) is -4.78. The minimum absolute atomic E-state index is 0.148. The summed E-state index contributed by atoms with van der Waals surface area (Å²) in [7, 11) is 1.03. The molecule has 0 saturated carbocycles. The van der Waals surface area contributed by atoms with Crippen LogP contribution in [0.4, 0.5) is 18.0 Å². The van der Waals surface area contributed by atoms with Gasteiger partial charge in [-0.2, -0.15) is 13.2 Å². The average Bonchev–Trinajstić information content (AvgIpc) is 2.14. The smallest absolute Gasteiger partial charge is 0.406 e. The fraction of sp³-hybridized carbons (Fsp3) is 0.800. The van der Waals surface area contributed by atoms with Gasteiger partial charge in [0.15, 0.2) is 0 Å². The molecule has 106 valence electrons. The van der Waals surface area contributed by atoms with Crippen LogP contribution in [0.1, 0.15) is 20.3 Å². The van der Waals surface area contributed by atoms with Gasteiger partial charge in [0.05, 0.1) is 6.42 Å². The molecule has 0 saturated heterocycles. The van der Waals surface area contributed by atoms with Crippen molar-refractivity contribution in [2.45, 2.75) is 32.5 Å². The highest BCUT2D eigenvalue weighted by molar-refractivity contribution is 5.75. The highest BCUT2D eigenvalue weighted by Crippen LogP contribution is 2.17. The number of carboxylic acid groups (broad SMARTS) is 1. The molecule has 0 aromatic rings. The number of rotatable bonds is 5. The fourth-order valence-electron chi connectivity index (χ4n) is 1.55. The molecule has 0 aliphatic carbocycles. The van der Waals surface area contributed by atoms with E-state index in [1.54, 1.807) is 6.92 Å². The largest absolute Gasteiger partial charge is 0.481 e. The molecule has 0 fully saturated rings. The average molecular weight is 270 g/mol. The molecule has 0 aromatic heterocycles. The molecule has 0 radical (unpaired) electrons. The van der Waals surface area contributed by atoms with Crippen LogP contribution >= 0.6 is 0 Å². The van der Waals surface area contributed by atoms with Crippen molar-refractivity contribution in [2.75, 3.05) is 20.1 Å². The van der Waals surface area contributed by atoms with Crippen molar-refractivity contribution in [3.63, 3.8) is 0 Å². The van der Waals surface area contributed by atoms with Crippen molar-refractivity contribution in [1.29, 1.82) is 0 Å². The van der Waals surface area contributed by atoms with Gasteiger partial charge in [0.1, 0.15) is 6.54 Å². The Balaban J connectivity index is 4.65. The number of alkyl halides is 3. The van der Waals surface area contributed by atoms with Gasteiger partial charge in [-0.15, -0.1) is 0 Å². The van der Waals surface area contributed by atoms with Gasteiger partial charge in [-0.3, -0.25) is 4.79 Å². The number of carbonyl (C=O) groups is 2. The molecule has 0 aromatic carbocycles. The lowest BCUT2D eigenvalue weighted by molar-refractivity contribution is -0.141. The second kappa shape index (κ2) is 6.46. The first-order valence-corrected chi connectivity index (χ1v) is 5.38. The second-order valence-electron chi connectivity index (χ2n) is 3.99. The second-order valence-corrected chi connectivity index (χ2v) is 3.99. The quantitative estimate of drug-likeness (QED) is 0.828. The molecular formula is C10H17F3N2O3. The van der Waals surface area contributed by atoms with E-state index in [1.165, 1.54) is 6.92 Å². The van der Waals surface area contributed by atoms with E-state index in [2.05, 4.69) is 0 Å². The number of urea groups is 1. The van der Waals surface area contributed by atoms with Gasteiger partial charge in [-0.25, -0.2) is 4.79 Å². The van der Waals surface area contributed by atoms with Gasteiger partial charge in [0, 0.05) is 19.6 Å². The number of carbonyl (C=O) groups excluding carboxylic acids is 1. The molecule has 0 spiro atoms. The normalized spacial score (nSPS) is 13.0. The van der Waals surface area contributed by atoms with Crippen LogP contribution < -0.4 is 0 Å². The zero-order chi connectivity index (χ0) is 14.5. The Bertz CT molecular complexity index is 307. The summed E-state index contributed by atoms with van der Waals surface area (Å²) >= 11 is 0. The number of amides is 2. The molecule has 0 rings (SSSR count). The van der Waals surface area contributed by atoms with Crippen LogP contribution in [0.2, 0.25) is 0 Å². The highest BCUT2D eigenvalue weighted by Gasteiger charge is 2.33. The van der Waals surface area contributed by atoms with Gasteiger partial charge < -0.3 is 14.9 Å². The van der Waals surface area contributed by atoms with Crippen molar-refractivity contribution in [1.82, 2.24) is 9.80 Å². The SMILES string of the molecule is CCN(C(=O)N(C)CC(F)(F)F)C(C)CC(=O)O. The van der Waals surface area contributed by atoms with Crippen LogP contribution in [-0.2, 0) is 4.79 Å². The standard InChI is InChI=1S/C10H17F3N2O3/c1-4-15(7(2)5-8(16)17)9(18)14(3)6-10(11,12)13/h7H,4-6H2,1-3H3,(H,16,17). The summed E-state index contributed by atoms with van der Waals surface area (Å²) in [6, 6.07) is -1.49. The topological polar surface area (TPSA) is 60.9 Å². The predicted molar refractivity (Wildman–Crippen MR) is 58.2 cm³/mol. The van der Waals surface area contributed by atoms with E-state index in [9.17, 15) is 22.8 Å². The molecule has 0 aliphatic heterocycles. The van der Waals surface area contributed by atoms with Gasteiger partial charge >= 0.3 is 18.2 Å². The molecule has 8 heteroatoms. The Kier molecular flexibility index (Phi) is 5.93. The lowest BCUT2D eigenvalue weighted by Crippen LogP contribution is -2.48. The van der Waals surface area contributed by atoms with Crippen LogP contribution in [-0.4, -0.2) is 59.3 Å². The third-order valence-corrected chi connectivity index (χ3v) is 2.33. The number of aliphatic carboxylic acids is 1. The minimum atomic E-state index is -4.47. The zero-order valence-corrected chi connectivity index (χ0v) is 10.5. The molecule has 2 amide bonds. The maximum atomic E-state index is 12.1. The molecule has 1 atom stereocenters. The first-order chi connectivity index (χ1) is 8.08. The third-order valence-electron chi connectivity index (χ3n) is 2.33. The summed E-state index contributed by atoms with van der Waals surface area (Å²) < 4.78 is 36.4. The Morgan fingerprint density at radius 1 is 1.33 bits per heavy atom. The first-order valence-electron chi connectivity index (χ1n) is 5.38. The number of halogens is 3. The fourth-order valence-corrected chi connectivity index (χ4v) is 1.55. The van der Waals surface area contributed by atoms with Crippen LogP contribution in [0, 0.1) is 0 Å². The molecule has 0 aliphatic rings. The van der Waals surface area contributed by atoms with Crippen LogP contribution in [0.15, 0.2) is 0 Å².